The van der Waals surface area contributed by atoms with E-state index in [0.717, 1.165) is 12.2 Å². The molecule has 0 bridgehead atoms. The Kier molecular flexibility index (Phi) is 5.53. The van der Waals surface area contributed by atoms with Crippen molar-refractivity contribution >= 4 is 5.91 Å². The molecule has 3 heteroatoms. The molecule has 1 amide bonds. The number of hydrogen-bond donors (Lipinski definition) is 0. The Morgan fingerprint density at radius 3 is 2.53 bits per heavy atom. The summed E-state index contributed by atoms with van der Waals surface area (Å²) < 4.78 is 5.53. The minimum atomic E-state index is 0.177. The van der Waals surface area contributed by atoms with Crippen molar-refractivity contribution in [1.82, 2.24) is 4.90 Å². The summed E-state index contributed by atoms with van der Waals surface area (Å²) in [6.07, 6.45) is 1.30. The van der Waals surface area contributed by atoms with E-state index in [2.05, 4.69) is 0 Å². The van der Waals surface area contributed by atoms with E-state index in [9.17, 15) is 4.79 Å². The highest BCUT2D eigenvalue weighted by molar-refractivity contribution is 5.76. The van der Waals surface area contributed by atoms with Gasteiger partial charge in [0.15, 0.2) is 0 Å². The zero-order chi connectivity index (χ0) is 12.7. The zero-order valence-corrected chi connectivity index (χ0v) is 10.8. The van der Waals surface area contributed by atoms with Crippen LogP contribution < -0.4 is 4.74 Å². The highest BCUT2D eigenvalue weighted by Gasteiger charge is 2.10. The van der Waals surface area contributed by atoms with Gasteiger partial charge in [-0.25, -0.2) is 0 Å². The molecule has 0 atom stereocenters. The maximum absolute atomic E-state index is 11.7. The first-order chi connectivity index (χ1) is 8.11. The number of benzene rings is 1. The lowest BCUT2D eigenvalue weighted by Crippen LogP contribution is -2.32. The van der Waals surface area contributed by atoms with Crippen LogP contribution in [0, 0.1) is 0 Å². The number of carbonyl (C=O) groups excluding carboxylic acids is 1. The average Bonchev–Trinajstić information content (AvgIpc) is 2.34. The lowest BCUT2D eigenvalue weighted by atomic mass is 10.2. The van der Waals surface area contributed by atoms with Gasteiger partial charge in [0.2, 0.25) is 5.91 Å². The molecule has 0 fully saturated rings. The van der Waals surface area contributed by atoms with Gasteiger partial charge in [-0.05, 0) is 32.4 Å². The van der Waals surface area contributed by atoms with Crippen LogP contribution in [0.15, 0.2) is 30.3 Å². The van der Waals surface area contributed by atoms with Crippen LogP contribution in [0.4, 0.5) is 0 Å². The van der Waals surface area contributed by atoms with Gasteiger partial charge in [0.05, 0.1) is 6.61 Å². The van der Waals surface area contributed by atoms with Crippen molar-refractivity contribution in [2.75, 3.05) is 13.7 Å². The second-order valence-electron chi connectivity index (χ2n) is 4.36. The SMILES string of the molecule is CC(C)N(C)C(=O)CCCOc1ccccc1. The molecular formula is C14H21NO2. The molecule has 94 valence electrons. The summed E-state index contributed by atoms with van der Waals surface area (Å²) in [4.78, 5) is 13.4. The van der Waals surface area contributed by atoms with E-state index >= 15 is 0 Å². The van der Waals surface area contributed by atoms with E-state index in [1.54, 1.807) is 4.90 Å². The minimum Gasteiger partial charge on any atom is -0.494 e. The molecular weight excluding hydrogens is 214 g/mol. The standard InChI is InChI=1S/C14H21NO2/c1-12(2)15(3)14(16)10-7-11-17-13-8-5-4-6-9-13/h4-6,8-9,12H,7,10-11H2,1-3H3. The third-order valence-corrected chi connectivity index (χ3v) is 2.71. The van der Waals surface area contributed by atoms with Gasteiger partial charge < -0.3 is 9.64 Å². The normalized spacial score (nSPS) is 10.4. The summed E-state index contributed by atoms with van der Waals surface area (Å²) in [5, 5.41) is 0. The molecule has 1 aromatic carbocycles. The largest absolute Gasteiger partial charge is 0.494 e. The van der Waals surface area contributed by atoms with Crippen LogP contribution in [0.5, 0.6) is 5.75 Å². The van der Waals surface area contributed by atoms with E-state index in [0.29, 0.717) is 13.0 Å². The number of ether oxygens (including phenoxy) is 1. The second kappa shape index (κ2) is 6.94. The smallest absolute Gasteiger partial charge is 0.222 e. The van der Waals surface area contributed by atoms with Crippen molar-refractivity contribution in [3.05, 3.63) is 30.3 Å². The highest BCUT2D eigenvalue weighted by Crippen LogP contribution is 2.09. The summed E-state index contributed by atoms with van der Waals surface area (Å²) >= 11 is 0. The summed E-state index contributed by atoms with van der Waals surface area (Å²) in [6, 6.07) is 9.93. The van der Waals surface area contributed by atoms with E-state index in [1.807, 2.05) is 51.2 Å². The van der Waals surface area contributed by atoms with E-state index in [1.165, 1.54) is 0 Å². The third-order valence-electron chi connectivity index (χ3n) is 2.71. The molecule has 0 aliphatic heterocycles. The van der Waals surface area contributed by atoms with Crippen molar-refractivity contribution < 1.29 is 9.53 Å². The Morgan fingerprint density at radius 1 is 1.29 bits per heavy atom. The molecule has 0 aromatic heterocycles. The van der Waals surface area contributed by atoms with Crippen LogP contribution in [0.3, 0.4) is 0 Å². The first-order valence-corrected chi connectivity index (χ1v) is 6.04. The molecule has 0 unspecified atom stereocenters. The number of rotatable bonds is 6. The molecule has 0 aliphatic carbocycles. The van der Waals surface area contributed by atoms with Crippen molar-refractivity contribution in [1.29, 1.82) is 0 Å². The van der Waals surface area contributed by atoms with Crippen LogP contribution in [0.1, 0.15) is 26.7 Å². The predicted molar refractivity (Wildman–Crippen MR) is 69.1 cm³/mol. The maximum atomic E-state index is 11.7. The summed E-state index contributed by atoms with van der Waals surface area (Å²) in [5.41, 5.74) is 0. The van der Waals surface area contributed by atoms with Gasteiger partial charge in [0.1, 0.15) is 5.75 Å². The number of carbonyl (C=O) groups is 1. The van der Waals surface area contributed by atoms with Crippen LogP contribution in [-0.2, 0) is 4.79 Å². The molecule has 0 saturated carbocycles. The monoisotopic (exact) mass is 235 g/mol. The van der Waals surface area contributed by atoms with E-state index < -0.39 is 0 Å². The fourth-order valence-corrected chi connectivity index (χ4v) is 1.39. The zero-order valence-electron chi connectivity index (χ0n) is 10.8. The number of hydrogen-bond acceptors (Lipinski definition) is 2. The van der Waals surface area contributed by atoms with Crippen LogP contribution >= 0.6 is 0 Å². The lowest BCUT2D eigenvalue weighted by Gasteiger charge is -2.21. The molecule has 1 rings (SSSR count). The van der Waals surface area contributed by atoms with Gasteiger partial charge in [0, 0.05) is 19.5 Å². The van der Waals surface area contributed by atoms with E-state index in [4.69, 9.17) is 4.74 Å². The Hall–Kier alpha value is -1.51. The Balaban J connectivity index is 2.18. The topological polar surface area (TPSA) is 29.5 Å². The Morgan fingerprint density at radius 2 is 1.94 bits per heavy atom. The van der Waals surface area contributed by atoms with Crippen LogP contribution in [-0.4, -0.2) is 30.5 Å². The number of amides is 1. The first-order valence-electron chi connectivity index (χ1n) is 6.04. The third kappa shape index (κ3) is 4.89. The van der Waals surface area contributed by atoms with Crippen molar-refractivity contribution in [3.63, 3.8) is 0 Å². The molecule has 0 heterocycles. The van der Waals surface area contributed by atoms with Gasteiger partial charge in [0.25, 0.3) is 0 Å². The molecule has 0 aliphatic rings. The van der Waals surface area contributed by atoms with E-state index in [-0.39, 0.29) is 11.9 Å². The quantitative estimate of drug-likeness (QED) is 0.709. The Bertz CT molecular complexity index is 335. The highest BCUT2D eigenvalue weighted by atomic mass is 16.5. The van der Waals surface area contributed by atoms with Gasteiger partial charge in [-0.2, -0.15) is 0 Å². The average molecular weight is 235 g/mol. The van der Waals surface area contributed by atoms with Gasteiger partial charge in [-0.15, -0.1) is 0 Å². The molecule has 0 spiro atoms. The lowest BCUT2D eigenvalue weighted by molar-refractivity contribution is -0.131. The fraction of sp³-hybridized carbons (Fsp3) is 0.500. The van der Waals surface area contributed by atoms with Gasteiger partial charge >= 0.3 is 0 Å². The Labute approximate surface area is 103 Å². The first kappa shape index (κ1) is 13.6. The molecule has 0 saturated heterocycles. The number of nitrogens with zero attached hydrogens (tertiary/aromatic N) is 1. The van der Waals surface area contributed by atoms with Crippen LogP contribution in [0.25, 0.3) is 0 Å². The maximum Gasteiger partial charge on any atom is 0.222 e. The molecule has 0 radical (unpaired) electrons. The van der Waals surface area contributed by atoms with Crippen LogP contribution in [0.2, 0.25) is 0 Å². The predicted octanol–water partition coefficient (Wildman–Crippen LogP) is 2.71. The summed E-state index contributed by atoms with van der Waals surface area (Å²) in [5.74, 6) is 1.04. The molecule has 3 nitrogen and oxygen atoms in total. The minimum absolute atomic E-state index is 0.177. The number of para-hydroxylation sites is 1. The molecule has 1 aromatic rings. The summed E-state index contributed by atoms with van der Waals surface area (Å²) in [6.45, 7) is 4.61. The second-order valence-corrected chi connectivity index (χ2v) is 4.36. The molecule has 17 heavy (non-hydrogen) atoms. The fourth-order valence-electron chi connectivity index (χ4n) is 1.39. The van der Waals surface area contributed by atoms with Gasteiger partial charge in [-0.1, -0.05) is 18.2 Å². The van der Waals surface area contributed by atoms with Crippen molar-refractivity contribution in [2.45, 2.75) is 32.7 Å². The van der Waals surface area contributed by atoms with Crippen molar-refractivity contribution in [2.24, 2.45) is 0 Å². The molecule has 0 N–H and O–H groups in total. The summed E-state index contributed by atoms with van der Waals surface area (Å²) in [7, 11) is 1.84. The van der Waals surface area contributed by atoms with Crippen molar-refractivity contribution in [3.8, 4) is 5.75 Å². The van der Waals surface area contributed by atoms with Gasteiger partial charge in [-0.3, -0.25) is 4.79 Å².